The van der Waals surface area contributed by atoms with Crippen molar-refractivity contribution in [1.82, 2.24) is 5.32 Å². The third kappa shape index (κ3) is 4.61. The van der Waals surface area contributed by atoms with Gasteiger partial charge in [-0.15, -0.1) is 0 Å². The molecule has 0 aliphatic heterocycles. The topological polar surface area (TPSA) is 56.8 Å². The maximum absolute atomic E-state index is 12.6. The molecule has 1 atom stereocenters. The molecule has 0 aliphatic rings. The molecule has 0 spiro atoms. The Balaban J connectivity index is 2.27. The van der Waals surface area contributed by atoms with Crippen molar-refractivity contribution >= 4 is 17.5 Å². The first kappa shape index (κ1) is 19.9. The van der Waals surface area contributed by atoms with E-state index >= 15 is 0 Å². The minimum Gasteiger partial charge on any atom is -0.496 e. The highest BCUT2D eigenvalue weighted by molar-refractivity contribution is 6.31. The minimum absolute atomic E-state index is 0.238. The van der Waals surface area contributed by atoms with Crippen molar-refractivity contribution in [2.24, 2.45) is 0 Å². The molecule has 5 nitrogen and oxygen atoms in total. The van der Waals surface area contributed by atoms with Crippen molar-refractivity contribution in [3.05, 3.63) is 52.5 Å². The molecule has 0 aromatic heterocycles. The number of halogens is 1. The SMILES string of the molecule is CCOc1cc(Cl)c(C(C)NC(=O)c2ccccc2OC)cc1OCC. The summed E-state index contributed by atoms with van der Waals surface area (Å²) in [5.41, 5.74) is 1.22. The number of methoxy groups -OCH3 is 1. The zero-order chi connectivity index (χ0) is 19.1. The summed E-state index contributed by atoms with van der Waals surface area (Å²) < 4.78 is 16.5. The Morgan fingerprint density at radius 1 is 1.08 bits per heavy atom. The van der Waals surface area contributed by atoms with Crippen molar-refractivity contribution in [2.75, 3.05) is 20.3 Å². The zero-order valence-electron chi connectivity index (χ0n) is 15.5. The van der Waals surface area contributed by atoms with Gasteiger partial charge in [-0.1, -0.05) is 23.7 Å². The maximum Gasteiger partial charge on any atom is 0.255 e. The molecular formula is C20H24ClNO4. The van der Waals surface area contributed by atoms with E-state index in [4.69, 9.17) is 25.8 Å². The van der Waals surface area contributed by atoms with Crippen molar-refractivity contribution in [2.45, 2.75) is 26.8 Å². The summed E-state index contributed by atoms with van der Waals surface area (Å²) >= 11 is 6.41. The fourth-order valence-electron chi connectivity index (χ4n) is 2.60. The third-order valence-electron chi connectivity index (χ3n) is 3.83. The van der Waals surface area contributed by atoms with E-state index < -0.39 is 0 Å². The monoisotopic (exact) mass is 377 g/mol. The Kier molecular flexibility index (Phi) is 7.16. The molecule has 2 rings (SSSR count). The van der Waals surface area contributed by atoms with Crippen LogP contribution in [0.15, 0.2) is 36.4 Å². The van der Waals surface area contributed by atoms with Crippen LogP contribution in [-0.2, 0) is 0 Å². The number of nitrogens with one attached hydrogen (secondary N) is 1. The van der Waals surface area contributed by atoms with Gasteiger partial charge in [0.05, 0.1) is 31.9 Å². The Labute approximate surface area is 159 Å². The smallest absolute Gasteiger partial charge is 0.255 e. The summed E-state index contributed by atoms with van der Waals surface area (Å²) in [6.45, 7) is 6.67. The Hall–Kier alpha value is -2.40. The number of carbonyl (C=O) groups is 1. The summed E-state index contributed by atoms with van der Waals surface area (Å²) in [7, 11) is 1.53. The number of benzene rings is 2. The molecule has 1 amide bonds. The van der Waals surface area contributed by atoms with Gasteiger partial charge in [-0.25, -0.2) is 0 Å². The first-order valence-electron chi connectivity index (χ1n) is 8.54. The number of amides is 1. The Morgan fingerprint density at radius 3 is 2.31 bits per heavy atom. The highest BCUT2D eigenvalue weighted by Gasteiger charge is 2.19. The lowest BCUT2D eigenvalue weighted by Gasteiger charge is -2.19. The van der Waals surface area contributed by atoms with Crippen LogP contribution in [0.2, 0.25) is 5.02 Å². The second-order valence-electron chi connectivity index (χ2n) is 5.58. The molecule has 2 aromatic rings. The van der Waals surface area contributed by atoms with E-state index in [2.05, 4.69) is 5.32 Å². The predicted octanol–water partition coefficient (Wildman–Crippen LogP) is 4.64. The van der Waals surface area contributed by atoms with E-state index in [1.165, 1.54) is 7.11 Å². The third-order valence-corrected chi connectivity index (χ3v) is 4.16. The number of carbonyl (C=O) groups excluding carboxylic acids is 1. The quantitative estimate of drug-likeness (QED) is 0.728. The fourth-order valence-corrected chi connectivity index (χ4v) is 2.92. The van der Waals surface area contributed by atoms with Crippen LogP contribution in [-0.4, -0.2) is 26.2 Å². The second kappa shape index (κ2) is 9.34. The van der Waals surface area contributed by atoms with Crippen LogP contribution in [0.3, 0.4) is 0 Å². The molecule has 1 N–H and O–H groups in total. The zero-order valence-corrected chi connectivity index (χ0v) is 16.2. The predicted molar refractivity (Wildman–Crippen MR) is 103 cm³/mol. The molecule has 0 bridgehead atoms. The second-order valence-corrected chi connectivity index (χ2v) is 5.99. The van der Waals surface area contributed by atoms with E-state index in [1.54, 1.807) is 24.3 Å². The molecule has 0 saturated heterocycles. The maximum atomic E-state index is 12.6. The van der Waals surface area contributed by atoms with Crippen LogP contribution in [0.1, 0.15) is 42.7 Å². The number of para-hydroxylation sites is 1. The Morgan fingerprint density at radius 2 is 1.69 bits per heavy atom. The van der Waals surface area contributed by atoms with E-state index in [9.17, 15) is 4.79 Å². The van der Waals surface area contributed by atoms with E-state index in [-0.39, 0.29) is 11.9 Å². The van der Waals surface area contributed by atoms with Gasteiger partial charge in [0.25, 0.3) is 5.91 Å². The van der Waals surface area contributed by atoms with Crippen molar-refractivity contribution in [3.8, 4) is 17.2 Å². The van der Waals surface area contributed by atoms with Gasteiger partial charge >= 0.3 is 0 Å². The highest BCUT2D eigenvalue weighted by Crippen LogP contribution is 2.36. The van der Waals surface area contributed by atoms with Gasteiger partial charge in [-0.05, 0) is 44.5 Å². The van der Waals surface area contributed by atoms with Crippen LogP contribution in [0, 0.1) is 0 Å². The van der Waals surface area contributed by atoms with E-state index in [1.807, 2.05) is 32.9 Å². The number of ether oxygens (including phenoxy) is 3. The van der Waals surface area contributed by atoms with Crippen LogP contribution in [0.4, 0.5) is 0 Å². The molecule has 0 fully saturated rings. The molecule has 0 saturated carbocycles. The molecule has 1 unspecified atom stereocenters. The van der Waals surface area contributed by atoms with E-state index in [0.717, 1.165) is 5.56 Å². The van der Waals surface area contributed by atoms with E-state index in [0.29, 0.717) is 41.0 Å². The van der Waals surface area contributed by atoms with Gasteiger partial charge in [0.15, 0.2) is 11.5 Å². The molecule has 0 heterocycles. The molecule has 26 heavy (non-hydrogen) atoms. The van der Waals surface area contributed by atoms with Crippen molar-refractivity contribution in [3.63, 3.8) is 0 Å². The summed E-state index contributed by atoms with van der Waals surface area (Å²) in [6.07, 6.45) is 0. The summed E-state index contributed by atoms with van der Waals surface area (Å²) in [6, 6.07) is 10.3. The highest BCUT2D eigenvalue weighted by atomic mass is 35.5. The van der Waals surface area contributed by atoms with Gasteiger partial charge in [-0.2, -0.15) is 0 Å². The standard InChI is InChI=1S/C20H24ClNO4/c1-5-25-18-11-15(16(21)12-19(18)26-6-2)13(3)22-20(23)14-9-7-8-10-17(14)24-4/h7-13H,5-6H2,1-4H3,(H,22,23). The average Bonchev–Trinajstić information content (AvgIpc) is 2.63. The fraction of sp³-hybridized carbons (Fsp3) is 0.350. The molecule has 0 aliphatic carbocycles. The van der Waals surface area contributed by atoms with Crippen LogP contribution in [0.5, 0.6) is 17.2 Å². The first-order valence-corrected chi connectivity index (χ1v) is 8.92. The number of rotatable bonds is 8. The number of hydrogen-bond acceptors (Lipinski definition) is 4. The summed E-state index contributed by atoms with van der Waals surface area (Å²) in [5, 5.41) is 3.45. The molecule has 140 valence electrons. The molecule has 0 radical (unpaired) electrons. The molecular weight excluding hydrogens is 354 g/mol. The molecule has 6 heteroatoms. The van der Waals surface area contributed by atoms with Gasteiger partial charge in [0, 0.05) is 11.1 Å². The lowest BCUT2D eigenvalue weighted by atomic mass is 10.1. The van der Waals surface area contributed by atoms with Gasteiger partial charge in [-0.3, -0.25) is 4.79 Å². The lowest BCUT2D eigenvalue weighted by molar-refractivity contribution is 0.0937. The van der Waals surface area contributed by atoms with Crippen LogP contribution < -0.4 is 19.5 Å². The van der Waals surface area contributed by atoms with Gasteiger partial charge < -0.3 is 19.5 Å². The molecule has 2 aromatic carbocycles. The normalized spacial score (nSPS) is 11.6. The summed E-state index contributed by atoms with van der Waals surface area (Å²) in [4.78, 5) is 12.6. The summed E-state index contributed by atoms with van der Waals surface area (Å²) in [5.74, 6) is 1.47. The first-order chi connectivity index (χ1) is 12.5. The van der Waals surface area contributed by atoms with Crippen molar-refractivity contribution in [1.29, 1.82) is 0 Å². The van der Waals surface area contributed by atoms with Gasteiger partial charge in [0.2, 0.25) is 0 Å². The Bertz CT molecular complexity index is 763. The van der Waals surface area contributed by atoms with Crippen molar-refractivity contribution < 1.29 is 19.0 Å². The largest absolute Gasteiger partial charge is 0.496 e. The van der Waals surface area contributed by atoms with Crippen LogP contribution in [0.25, 0.3) is 0 Å². The lowest BCUT2D eigenvalue weighted by Crippen LogP contribution is -2.27. The van der Waals surface area contributed by atoms with Crippen LogP contribution >= 0.6 is 11.6 Å². The average molecular weight is 378 g/mol. The minimum atomic E-state index is -0.324. The van der Waals surface area contributed by atoms with Gasteiger partial charge in [0.1, 0.15) is 5.75 Å². The number of hydrogen-bond donors (Lipinski definition) is 1.